The number of amides is 1. The number of hydrogen-bond donors (Lipinski definition) is 1. The van der Waals surface area contributed by atoms with Crippen LogP contribution >= 0.6 is 0 Å². The number of esters is 1. The summed E-state index contributed by atoms with van der Waals surface area (Å²) in [5.41, 5.74) is 8.74. The van der Waals surface area contributed by atoms with E-state index in [0.717, 1.165) is 46.1 Å². The number of hydrazone groups is 1. The van der Waals surface area contributed by atoms with Crippen LogP contribution in [0.5, 0.6) is 0 Å². The molecule has 0 saturated heterocycles. The highest BCUT2D eigenvalue weighted by Gasteiger charge is 2.29. The number of nitrogens with one attached hydrogen (secondary N) is 1. The summed E-state index contributed by atoms with van der Waals surface area (Å²) in [6.45, 7) is 9.46. The summed E-state index contributed by atoms with van der Waals surface area (Å²) in [6.07, 6.45) is 3.81. The molecule has 3 aromatic rings. The van der Waals surface area contributed by atoms with Crippen molar-refractivity contribution in [3.8, 4) is 0 Å². The highest BCUT2D eigenvalue weighted by atomic mass is 16.6. The van der Waals surface area contributed by atoms with Gasteiger partial charge >= 0.3 is 5.97 Å². The fourth-order valence-corrected chi connectivity index (χ4v) is 4.11. The smallest absolute Gasteiger partial charge is 0.374 e. The van der Waals surface area contributed by atoms with Crippen LogP contribution in [-0.4, -0.2) is 23.7 Å². The number of fused-ring (bicyclic) bond motifs is 2. The number of aryl methyl sites for hydroxylation is 3. The molecular weight excluding hydrogens is 408 g/mol. The van der Waals surface area contributed by atoms with E-state index >= 15 is 0 Å². The lowest BCUT2D eigenvalue weighted by Crippen LogP contribution is -2.23. The van der Waals surface area contributed by atoms with Crippen LogP contribution < -0.4 is 5.43 Å². The molecule has 0 radical (unpaired) electrons. The first-order valence-electron chi connectivity index (χ1n) is 10.9. The third-order valence-electron chi connectivity index (χ3n) is 5.86. The Kier molecular flexibility index (Phi) is 5.91. The molecule has 1 amide bonds. The van der Waals surface area contributed by atoms with Crippen molar-refractivity contribution in [3.63, 3.8) is 0 Å². The molecule has 7 heteroatoms. The van der Waals surface area contributed by atoms with E-state index in [1.54, 1.807) is 20.1 Å². The molecule has 32 heavy (non-hydrogen) atoms. The maximum absolute atomic E-state index is 12.6. The SMILES string of the molecule is Cc1ccc2c(CC(=O)N/N=C3\CCCc4oc(C(=O)OC(C)C)c(C)c43)coc2c1C. The van der Waals surface area contributed by atoms with E-state index < -0.39 is 5.97 Å². The zero-order valence-corrected chi connectivity index (χ0v) is 19.1. The maximum Gasteiger partial charge on any atom is 0.374 e. The zero-order chi connectivity index (χ0) is 23.0. The van der Waals surface area contributed by atoms with Crippen molar-refractivity contribution in [1.29, 1.82) is 0 Å². The molecule has 0 unspecified atom stereocenters. The molecule has 0 spiro atoms. The Morgan fingerprint density at radius 3 is 2.69 bits per heavy atom. The number of hydrogen-bond acceptors (Lipinski definition) is 6. The third kappa shape index (κ3) is 4.07. The number of benzene rings is 1. The van der Waals surface area contributed by atoms with Gasteiger partial charge in [0, 0.05) is 28.5 Å². The van der Waals surface area contributed by atoms with Gasteiger partial charge in [0.05, 0.1) is 24.5 Å². The topological polar surface area (TPSA) is 94.0 Å². The average molecular weight is 437 g/mol. The second-order valence-electron chi connectivity index (χ2n) is 8.58. The minimum Gasteiger partial charge on any atom is -0.464 e. The number of ether oxygens (including phenoxy) is 1. The highest BCUT2D eigenvalue weighted by Crippen LogP contribution is 2.30. The summed E-state index contributed by atoms with van der Waals surface area (Å²) in [7, 11) is 0. The van der Waals surface area contributed by atoms with Crippen LogP contribution in [0.2, 0.25) is 0 Å². The summed E-state index contributed by atoms with van der Waals surface area (Å²) < 4.78 is 16.8. The summed E-state index contributed by atoms with van der Waals surface area (Å²) in [6, 6.07) is 4.01. The Morgan fingerprint density at radius 1 is 1.16 bits per heavy atom. The molecule has 0 atom stereocenters. The second-order valence-corrected chi connectivity index (χ2v) is 8.58. The summed E-state index contributed by atoms with van der Waals surface area (Å²) in [5.74, 6) is 0.211. The van der Waals surface area contributed by atoms with Crippen molar-refractivity contribution in [1.82, 2.24) is 5.43 Å². The van der Waals surface area contributed by atoms with Gasteiger partial charge in [-0.25, -0.2) is 10.2 Å². The molecule has 4 rings (SSSR count). The van der Waals surface area contributed by atoms with Gasteiger partial charge in [-0.1, -0.05) is 12.1 Å². The van der Waals surface area contributed by atoms with Crippen molar-refractivity contribution in [2.24, 2.45) is 5.10 Å². The van der Waals surface area contributed by atoms with Crippen molar-refractivity contribution in [2.75, 3.05) is 0 Å². The molecule has 1 aliphatic rings. The molecule has 1 aliphatic carbocycles. The first-order valence-corrected chi connectivity index (χ1v) is 10.9. The van der Waals surface area contributed by atoms with E-state index in [0.29, 0.717) is 23.5 Å². The predicted octanol–water partition coefficient (Wildman–Crippen LogP) is 4.92. The summed E-state index contributed by atoms with van der Waals surface area (Å²) in [4.78, 5) is 25.0. The second kappa shape index (κ2) is 8.65. The van der Waals surface area contributed by atoms with E-state index in [9.17, 15) is 9.59 Å². The minimum absolute atomic E-state index is 0.162. The summed E-state index contributed by atoms with van der Waals surface area (Å²) >= 11 is 0. The van der Waals surface area contributed by atoms with E-state index in [1.807, 2.05) is 32.9 Å². The molecule has 2 heterocycles. The van der Waals surface area contributed by atoms with Crippen LogP contribution in [0.1, 0.15) is 70.8 Å². The average Bonchev–Trinajstić information content (AvgIpc) is 3.30. The van der Waals surface area contributed by atoms with Crippen molar-refractivity contribution < 1.29 is 23.2 Å². The largest absolute Gasteiger partial charge is 0.464 e. The first-order chi connectivity index (χ1) is 15.3. The lowest BCUT2D eigenvalue weighted by molar-refractivity contribution is -0.120. The standard InChI is InChI=1S/C25H28N2O5/c1-13(2)31-25(29)24-16(5)22-19(7-6-8-20(22)32-24)26-27-21(28)11-17-12-30-23-15(4)14(3)9-10-18(17)23/h9-10,12-13H,6-8,11H2,1-5H3,(H,27,28)/b26-19+. The molecule has 1 N–H and O–H groups in total. The van der Waals surface area contributed by atoms with Crippen LogP contribution in [0.3, 0.4) is 0 Å². The van der Waals surface area contributed by atoms with Gasteiger partial charge in [-0.2, -0.15) is 5.10 Å². The zero-order valence-electron chi connectivity index (χ0n) is 19.1. The Bertz CT molecular complexity index is 1230. The molecule has 0 aliphatic heterocycles. The number of carbonyl (C=O) groups excluding carboxylic acids is 2. The lowest BCUT2D eigenvalue weighted by atomic mass is 9.93. The van der Waals surface area contributed by atoms with Gasteiger partial charge in [-0.3, -0.25) is 4.79 Å². The van der Waals surface area contributed by atoms with Gasteiger partial charge < -0.3 is 13.6 Å². The van der Waals surface area contributed by atoms with E-state index in [1.165, 1.54) is 0 Å². The van der Waals surface area contributed by atoms with Crippen LogP contribution in [0.25, 0.3) is 11.0 Å². The Morgan fingerprint density at radius 2 is 1.94 bits per heavy atom. The van der Waals surface area contributed by atoms with Gasteiger partial charge in [-0.05, 0) is 58.6 Å². The van der Waals surface area contributed by atoms with Crippen LogP contribution in [-0.2, 0) is 22.4 Å². The normalized spacial score (nSPS) is 14.8. The minimum atomic E-state index is -0.479. The first kappa shape index (κ1) is 21.9. The molecule has 1 aromatic carbocycles. The predicted molar refractivity (Wildman–Crippen MR) is 121 cm³/mol. The Labute approximate surface area is 186 Å². The van der Waals surface area contributed by atoms with Gasteiger partial charge in [0.1, 0.15) is 11.3 Å². The van der Waals surface area contributed by atoms with Crippen molar-refractivity contribution >= 4 is 28.6 Å². The van der Waals surface area contributed by atoms with Crippen molar-refractivity contribution in [2.45, 2.75) is 66.4 Å². The van der Waals surface area contributed by atoms with Crippen molar-refractivity contribution in [3.05, 3.63) is 57.7 Å². The quantitative estimate of drug-likeness (QED) is 0.453. The van der Waals surface area contributed by atoms with Crippen LogP contribution in [0.4, 0.5) is 0 Å². The fraction of sp³-hybridized carbons (Fsp3) is 0.400. The maximum atomic E-state index is 12.6. The molecular formula is C25H28N2O5. The van der Waals surface area contributed by atoms with E-state index in [2.05, 4.69) is 10.5 Å². The van der Waals surface area contributed by atoms with Gasteiger partial charge in [-0.15, -0.1) is 0 Å². The molecule has 0 saturated carbocycles. The Balaban J connectivity index is 1.53. The van der Waals surface area contributed by atoms with Gasteiger partial charge in [0.2, 0.25) is 11.7 Å². The molecule has 2 aromatic heterocycles. The number of rotatable bonds is 5. The molecule has 168 valence electrons. The molecule has 7 nitrogen and oxygen atoms in total. The molecule has 0 fully saturated rings. The number of nitrogens with zero attached hydrogens (tertiary/aromatic N) is 1. The van der Waals surface area contributed by atoms with Gasteiger partial charge in [0.25, 0.3) is 0 Å². The lowest BCUT2D eigenvalue weighted by Gasteiger charge is -2.13. The summed E-state index contributed by atoms with van der Waals surface area (Å²) in [5, 5.41) is 5.33. The van der Waals surface area contributed by atoms with Crippen LogP contribution in [0, 0.1) is 20.8 Å². The number of furan rings is 2. The van der Waals surface area contributed by atoms with Gasteiger partial charge in [0.15, 0.2) is 0 Å². The third-order valence-corrected chi connectivity index (χ3v) is 5.86. The van der Waals surface area contributed by atoms with E-state index in [4.69, 9.17) is 13.6 Å². The van der Waals surface area contributed by atoms with E-state index in [-0.39, 0.29) is 24.2 Å². The Hall–Kier alpha value is -3.35. The fourth-order valence-electron chi connectivity index (χ4n) is 4.11. The highest BCUT2D eigenvalue weighted by molar-refractivity contribution is 6.06. The monoisotopic (exact) mass is 436 g/mol. The number of carbonyl (C=O) groups is 2. The van der Waals surface area contributed by atoms with Crippen LogP contribution in [0.15, 0.2) is 32.3 Å². The molecule has 0 bridgehead atoms.